The second-order valence-electron chi connectivity index (χ2n) is 5.69. The lowest BCUT2D eigenvalue weighted by Gasteiger charge is -2.42. The molecule has 0 amide bonds. The van der Waals surface area contributed by atoms with Crippen LogP contribution in [-0.2, 0) is 0 Å². The van der Waals surface area contributed by atoms with Gasteiger partial charge < -0.3 is 9.84 Å². The fourth-order valence-electron chi connectivity index (χ4n) is 3.44. The number of nitrogens with zero attached hydrogens (tertiary/aromatic N) is 1. The van der Waals surface area contributed by atoms with Crippen LogP contribution in [-0.4, -0.2) is 34.8 Å². The first kappa shape index (κ1) is 13.7. The monoisotopic (exact) mass is 295 g/mol. The summed E-state index contributed by atoms with van der Waals surface area (Å²) in [5, 5.41) is 9.32. The van der Waals surface area contributed by atoms with Crippen LogP contribution in [0.3, 0.4) is 0 Å². The predicted octanol–water partition coefficient (Wildman–Crippen LogP) is 3.39. The summed E-state index contributed by atoms with van der Waals surface area (Å²) in [5.41, 5.74) is -0.0850. The highest BCUT2D eigenvalue weighted by atomic mass is 35.5. The molecule has 2 aliphatic heterocycles. The minimum Gasteiger partial charge on any atom is -0.478 e. The Morgan fingerprint density at radius 1 is 1.45 bits per heavy atom. The van der Waals surface area contributed by atoms with Crippen molar-refractivity contribution in [2.45, 2.75) is 43.9 Å². The smallest absolute Gasteiger partial charge is 0.335 e. The van der Waals surface area contributed by atoms with E-state index in [1.54, 1.807) is 6.07 Å². The van der Waals surface area contributed by atoms with Gasteiger partial charge in [-0.2, -0.15) is 0 Å². The zero-order valence-electron chi connectivity index (χ0n) is 11.4. The molecule has 2 saturated heterocycles. The second kappa shape index (κ2) is 4.93. The third-order valence-electron chi connectivity index (χ3n) is 4.64. The van der Waals surface area contributed by atoms with Gasteiger partial charge in [0.05, 0.1) is 10.6 Å². The fraction of sp³-hybridized carbons (Fsp3) is 0.533. The number of carbonyl (C=O) groups is 1. The maximum Gasteiger partial charge on any atom is 0.335 e. The molecule has 20 heavy (non-hydrogen) atoms. The van der Waals surface area contributed by atoms with Gasteiger partial charge in [-0.25, -0.2) is 4.79 Å². The van der Waals surface area contributed by atoms with Gasteiger partial charge in [-0.3, -0.25) is 4.90 Å². The normalized spacial score (nSPS) is 29.4. The first-order chi connectivity index (χ1) is 9.52. The Balaban J connectivity index is 1.86. The Bertz CT molecular complexity index is 544. The number of carboxylic acid groups (broad SMARTS) is 1. The largest absolute Gasteiger partial charge is 0.478 e. The van der Waals surface area contributed by atoms with Crippen LogP contribution in [0, 0.1) is 0 Å². The van der Waals surface area contributed by atoms with Crippen LogP contribution in [0.5, 0.6) is 5.75 Å². The van der Waals surface area contributed by atoms with Gasteiger partial charge in [-0.1, -0.05) is 11.6 Å². The third-order valence-corrected chi connectivity index (χ3v) is 4.94. The highest BCUT2D eigenvalue weighted by Crippen LogP contribution is 2.45. The summed E-state index contributed by atoms with van der Waals surface area (Å²) in [5.74, 6) is -0.404. The zero-order valence-corrected chi connectivity index (χ0v) is 12.2. The quantitative estimate of drug-likeness (QED) is 0.928. The number of hydrogen-bond acceptors (Lipinski definition) is 3. The number of benzene rings is 1. The SMILES string of the molecule is CN1C2CCCC1(Oc1ccc(C(=O)O)cc1Cl)CC2. The van der Waals surface area contributed by atoms with Crippen LogP contribution < -0.4 is 4.74 Å². The molecule has 5 heteroatoms. The van der Waals surface area contributed by atoms with Gasteiger partial charge in [0.1, 0.15) is 5.75 Å². The molecule has 2 fully saturated rings. The molecule has 0 aliphatic carbocycles. The van der Waals surface area contributed by atoms with E-state index in [1.165, 1.54) is 25.0 Å². The van der Waals surface area contributed by atoms with Crippen LogP contribution >= 0.6 is 11.6 Å². The number of aromatic carboxylic acids is 1. The lowest BCUT2D eigenvalue weighted by molar-refractivity contribution is -0.0822. The van der Waals surface area contributed by atoms with Gasteiger partial charge in [0.2, 0.25) is 0 Å². The molecule has 1 N–H and O–H groups in total. The van der Waals surface area contributed by atoms with Crippen LogP contribution in [0.25, 0.3) is 0 Å². The van der Waals surface area contributed by atoms with Crippen LogP contribution in [0.2, 0.25) is 5.02 Å². The van der Waals surface area contributed by atoms with Crippen molar-refractivity contribution in [3.63, 3.8) is 0 Å². The average Bonchev–Trinajstić information content (AvgIpc) is 2.61. The first-order valence-electron chi connectivity index (χ1n) is 6.97. The van der Waals surface area contributed by atoms with Crippen molar-refractivity contribution in [1.29, 1.82) is 0 Å². The molecule has 0 aromatic heterocycles. The molecule has 0 saturated carbocycles. The van der Waals surface area contributed by atoms with Crippen molar-refractivity contribution in [3.05, 3.63) is 28.8 Å². The summed E-state index contributed by atoms with van der Waals surface area (Å²) < 4.78 is 6.21. The van der Waals surface area contributed by atoms with Gasteiger partial charge in [0, 0.05) is 18.9 Å². The summed E-state index contributed by atoms with van der Waals surface area (Å²) in [6.07, 6.45) is 5.55. The lowest BCUT2D eigenvalue weighted by atomic mass is 10.0. The van der Waals surface area contributed by atoms with E-state index in [9.17, 15) is 4.79 Å². The Labute approximate surface area is 123 Å². The number of piperidine rings is 1. The Kier molecular flexibility index (Phi) is 3.38. The molecule has 4 nitrogen and oxygen atoms in total. The van der Waals surface area contributed by atoms with E-state index in [4.69, 9.17) is 21.4 Å². The molecule has 2 aliphatic rings. The standard InChI is InChI=1S/C15H18ClNO3/c1-17-11-3-2-7-15(17,8-6-11)20-13-5-4-10(14(18)19)9-12(13)16/h4-5,9,11H,2-3,6-8H2,1H3,(H,18,19). The minimum absolute atomic E-state index is 0.182. The molecular weight excluding hydrogens is 278 g/mol. The molecule has 2 bridgehead atoms. The third kappa shape index (κ3) is 2.17. The first-order valence-corrected chi connectivity index (χ1v) is 7.34. The number of fused-ring (bicyclic) bond motifs is 2. The fourth-order valence-corrected chi connectivity index (χ4v) is 3.66. The van der Waals surface area contributed by atoms with Crippen LogP contribution in [0.1, 0.15) is 42.5 Å². The van der Waals surface area contributed by atoms with E-state index < -0.39 is 5.97 Å². The van der Waals surface area contributed by atoms with Gasteiger partial charge in [0.15, 0.2) is 5.72 Å². The van der Waals surface area contributed by atoms with E-state index >= 15 is 0 Å². The predicted molar refractivity (Wildman–Crippen MR) is 76.4 cm³/mol. The lowest BCUT2D eigenvalue weighted by Crippen LogP contribution is -2.51. The topological polar surface area (TPSA) is 49.8 Å². The Hall–Kier alpha value is -1.26. The van der Waals surface area contributed by atoms with Crippen molar-refractivity contribution in [2.75, 3.05) is 7.05 Å². The summed E-state index contributed by atoms with van der Waals surface area (Å²) in [7, 11) is 2.11. The number of ether oxygens (including phenoxy) is 1. The summed E-state index contributed by atoms with van der Waals surface area (Å²) >= 11 is 6.17. The number of rotatable bonds is 3. The minimum atomic E-state index is -0.979. The number of carboxylic acids is 1. The van der Waals surface area contributed by atoms with Gasteiger partial charge >= 0.3 is 5.97 Å². The van der Waals surface area contributed by atoms with Crippen LogP contribution in [0.4, 0.5) is 0 Å². The average molecular weight is 296 g/mol. The summed E-state index contributed by atoms with van der Waals surface area (Å²) in [4.78, 5) is 13.2. The molecule has 1 aromatic rings. The van der Waals surface area contributed by atoms with E-state index in [2.05, 4.69) is 11.9 Å². The molecule has 2 unspecified atom stereocenters. The van der Waals surface area contributed by atoms with Crippen molar-refractivity contribution >= 4 is 17.6 Å². The van der Waals surface area contributed by atoms with Crippen molar-refractivity contribution in [3.8, 4) is 5.75 Å². The van der Waals surface area contributed by atoms with E-state index in [-0.39, 0.29) is 11.3 Å². The highest BCUT2D eigenvalue weighted by Gasteiger charge is 2.48. The number of hydrogen-bond donors (Lipinski definition) is 1. The second-order valence-corrected chi connectivity index (χ2v) is 6.10. The molecular formula is C15H18ClNO3. The highest BCUT2D eigenvalue weighted by molar-refractivity contribution is 6.32. The van der Waals surface area contributed by atoms with E-state index in [0.717, 1.165) is 19.3 Å². The van der Waals surface area contributed by atoms with Crippen molar-refractivity contribution < 1.29 is 14.6 Å². The Morgan fingerprint density at radius 2 is 2.25 bits per heavy atom. The maximum atomic E-state index is 10.9. The molecule has 108 valence electrons. The van der Waals surface area contributed by atoms with Gasteiger partial charge in [0.25, 0.3) is 0 Å². The summed E-state index contributed by atoms with van der Waals surface area (Å²) in [6.45, 7) is 0. The summed E-state index contributed by atoms with van der Waals surface area (Å²) in [6, 6.07) is 5.25. The van der Waals surface area contributed by atoms with Gasteiger partial charge in [-0.15, -0.1) is 0 Å². The number of halogens is 1. The molecule has 2 heterocycles. The van der Waals surface area contributed by atoms with E-state index in [0.29, 0.717) is 16.8 Å². The van der Waals surface area contributed by atoms with Crippen LogP contribution in [0.15, 0.2) is 18.2 Å². The molecule has 0 spiro atoms. The molecule has 3 rings (SSSR count). The van der Waals surface area contributed by atoms with Crippen molar-refractivity contribution in [2.24, 2.45) is 0 Å². The molecule has 1 aromatic carbocycles. The van der Waals surface area contributed by atoms with Crippen molar-refractivity contribution in [1.82, 2.24) is 4.90 Å². The Morgan fingerprint density at radius 3 is 2.95 bits per heavy atom. The molecule has 0 radical (unpaired) electrons. The van der Waals surface area contributed by atoms with E-state index in [1.807, 2.05) is 0 Å². The zero-order chi connectivity index (χ0) is 14.3. The molecule has 2 atom stereocenters. The van der Waals surface area contributed by atoms with Gasteiger partial charge in [-0.05, 0) is 44.5 Å². The maximum absolute atomic E-state index is 10.9.